The van der Waals surface area contributed by atoms with E-state index >= 15 is 0 Å². The Morgan fingerprint density at radius 1 is 1.29 bits per heavy atom. The van der Waals surface area contributed by atoms with E-state index in [1.54, 1.807) is 4.90 Å². The highest BCUT2D eigenvalue weighted by atomic mass is 16.5. The Hall–Kier alpha value is -2.18. The van der Waals surface area contributed by atoms with E-state index < -0.39 is 5.97 Å². The zero-order valence-electron chi connectivity index (χ0n) is 12.3. The molecule has 1 aromatic rings. The molecule has 2 heterocycles. The number of rotatable bonds is 3. The number of nitrogens with two attached hydrogens (primary N) is 1. The summed E-state index contributed by atoms with van der Waals surface area (Å²) in [5.74, 6) is -0.000457. The van der Waals surface area contributed by atoms with Gasteiger partial charge >= 0.3 is 5.97 Å². The van der Waals surface area contributed by atoms with Crippen LogP contribution in [0.2, 0.25) is 0 Å². The Morgan fingerprint density at radius 2 is 1.90 bits per heavy atom. The van der Waals surface area contributed by atoms with E-state index in [1.807, 2.05) is 0 Å². The van der Waals surface area contributed by atoms with Crippen molar-refractivity contribution in [2.75, 3.05) is 25.4 Å². The Balaban J connectivity index is 1.89. The van der Waals surface area contributed by atoms with Crippen LogP contribution in [0.1, 0.15) is 30.8 Å². The molecule has 2 rings (SSSR count). The lowest BCUT2D eigenvalue weighted by Gasteiger charge is -2.34. The topological polar surface area (TPSA) is 98.4 Å². The second-order valence-corrected chi connectivity index (χ2v) is 5.61. The first-order valence-corrected chi connectivity index (χ1v) is 6.98. The quantitative estimate of drug-likeness (QED) is 0.824. The second-order valence-electron chi connectivity index (χ2n) is 5.61. The molecule has 0 radical (unpaired) electrons. The summed E-state index contributed by atoms with van der Waals surface area (Å²) < 4.78 is 4.98. The fraction of sp³-hybridized carbons (Fsp3) is 0.571. The Kier molecular flexibility index (Phi) is 4.72. The summed E-state index contributed by atoms with van der Waals surface area (Å²) >= 11 is 0. The standard InChI is InChI=1S/C14H20N4O3/c1-9-5-10(2)7-18(6-9)11(19)8-21-14(20)12-13(15)17-4-3-16-12/h3-4,9-10H,5-8H2,1-2H3,(H2,15,17)/t9-,10-/m1/s1. The minimum Gasteiger partial charge on any atom is -0.451 e. The lowest BCUT2D eigenvalue weighted by molar-refractivity contribution is -0.137. The molecule has 7 nitrogen and oxygen atoms in total. The van der Waals surface area contributed by atoms with Crippen molar-refractivity contribution in [2.24, 2.45) is 11.8 Å². The number of ether oxygens (including phenoxy) is 1. The molecule has 21 heavy (non-hydrogen) atoms. The molecule has 2 atom stereocenters. The maximum Gasteiger partial charge on any atom is 0.361 e. The minimum absolute atomic E-state index is 0.00448. The van der Waals surface area contributed by atoms with Crippen molar-refractivity contribution < 1.29 is 14.3 Å². The van der Waals surface area contributed by atoms with Gasteiger partial charge < -0.3 is 15.4 Å². The van der Waals surface area contributed by atoms with Gasteiger partial charge in [0.25, 0.3) is 5.91 Å². The molecule has 0 aliphatic carbocycles. The van der Waals surface area contributed by atoms with Gasteiger partial charge in [-0.3, -0.25) is 4.79 Å². The number of hydrogen-bond donors (Lipinski definition) is 1. The molecule has 7 heteroatoms. The molecule has 1 aromatic heterocycles. The number of aromatic nitrogens is 2. The lowest BCUT2D eigenvalue weighted by Crippen LogP contribution is -2.44. The van der Waals surface area contributed by atoms with Gasteiger partial charge in [0, 0.05) is 25.5 Å². The number of esters is 1. The molecular formula is C14H20N4O3. The first-order chi connectivity index (χ1) is 9.97. The van der Waals surface area contributed by atoms with Gasteiger partial charge in [-0.15, -0.1) is 0 Å². The van der Waals surface area contributed by atoms with Crippen LogP contribution in [-0.4, -0.2) is 46.4 Å². The zero-order valence-corrected chi connectivity index (χ0v) is 12.3. The van der Waals surface area contributed by atoms with E-state index in [1.165, 1.54) is 12.4 Å². The predicted molar refractivity (Wildman–Crippen MR) is 76.3 cm³/mol. The van der Waals surface area contributed by atoms with Gasteiger partial charge in [0.2, 0.25) is 0 Å². The molecular weight excluding hydrogens is 272 g/mol. The summed E-state index contributed by atoms with van der Waals surface area (Å²) in [7, 11) is 0. The predicted octanol–water partition coefficient (Wildman–Crippen LogP) is 0.720. The van der Waals surface area contributed by atoms with Crippen LogP contribution in [0, 0.1) is 11.8 Å². The van der Waals surface area contributed by atoms with Gasteiger partial charge in [0.15, 0.2) is 18.1 Å². The number of nitrogen functional groups attached to an aromatic ring is 1. The van der Waals surface area contributed by atoms with Gasteiger partial charge in [-0.25, -0.2) is 14.8 Å². The molecule has 1 amide bonds. The minimum atomic E-state index is -0.730. The smallest absolute Gasteiger partial charge is 0.361 e. The van der Waals surface area contributed by atoms with Gasteiger partial charge in [0.05, 0.1) is 0 Å². The lowest BCUT2D eigenvalue weighted by atomic mass is 9.92. The maximum absolute atomic E-state index is 12.1. The Bertz CT molecular complexity index is 525. The van der Waals surface area contributed by atoms with Gasteiger partial charge in [-0.2, -0.15) is 0 Å². The van der Waals surface area contributed by atoms with Crippen molar-refractivity contribution >= 4 is 17.7 Å². The summed E-state index contributed by atoms with van der Waals surface area (Å²) in [5.41, 5.74) is 5.47. The number of likely N-dealkylation sites (tertiary alicyclic amines) is 1. The summed E-state index contributed by atoms with van der Waals surface area (Å²) in [5, 5.41) is 0. The summed E-state index contributed by atoms with van der Waals surface area (Å²) in [6, 6.07) is 0. The molecule has 1 aliphatic rings. The summed E-state index contributed by atoms with van der Waals surface area (Å²) in [4.78, 5) is 33.2. The fourth-order valence-corrected chi connectivity index (χ4v) is 2.66. The third-order valence-corrected chi connectivity index (χ3v) is 3.47. The number of amides is 1. The van der Waals surface area contributed by atoms with E-state index in [9.17, 15) is 9.59 Å². The second kappa shape index (κ2) is 6.51. The zero-order chi connectivity index (χ0) is 15.4. The van der Waals surface area contributed by atoms with Gasteiger partial charge in [-0.1, -0.05) is 13.8 Å². The summed E-state index contributed by atoms with van der Waals surface area (Å²) in [6.45, 7) is 5.33. The molecule has 0 aromatic carbocycles. The van der Waals surface area contributed by atoms with Crippen LogP contribution >= 0.6 is 0 Å². The third kappa shape index (κ3) is 3.90. The summed E-state index contributed by atoms with van der Waals surface area (Å²) in [6.07, 6.45) is 3.84. The largest absolute Gasteiger partial charge is 0.451 e. The van der Waals surface area contributed by atoms with Crippen LogP contribution in [0.4, 0.5) is 5.82 Å². The van der Waals surface area contributed by atoms with Crippen LogP contribution in [0.5, 0.6) is 0 Å². The van der Waals surface area contributed by atoms with Crippen molar-refractivity contribution in [1.82, 2.24) is 14.9 Å². The number of anilines is 1. The highest BCUT2D eigenvalue weighted by Crippen LogP contribution is 2.20. The highest BCUT2D eigenvalue weighted by Gasteiger charge is 2.26. The molecule has 0 unspecified atom stereocenters. The SMILES string of the molecule is C[C@@H]1C[C@@H](C)CN(C(=O)COC(=O)c2nccnc2N)C1. The van der Waals surface area contributed by atoms with Crippen LogP contribution in [-0.2, 0) is 9.53 Å². The molecule has 114 valence electrons. The van der Waals surface area contributed by atoms with E-state index in [2.05, 4.69) is 23.8 Å². The van der Waals surface area contributed by atoms with Crippen molar-refractivity contribution in [1.29, 1.82) is 0 Å². The van der Waals surface area contributed by atoms with Crippen molar-refractivity contribution in [3.05, 3.63) is 18.1 Å². The van der Waals surface area contributed by atoms with Gasteiger partial charge in [-0.05, 0) is 18.3 Å². The monoisotopic (exact) mass is 292 g/mol. The molecule has 2 N–H and O–H groups in total. The number of piperidine rings is 1. The molecule has 0 spiro atoms. The van der Waals surface area contributed by atoms with Crippen molar-refractivity contribution in [3.8, 4) is 0 Å². The molecule has 1 saturated heterocycles. The normalized spacial score (nSPS) is 21.9. The molecule has 0 bridgehead atoms. The first-order valence-electron chi connectivity index (χ1n) is 6.98. The van der Waals surface area contributed by atoms with Crippen LogP contribution in [0.25, 0.3) is 0 Å². The average molecular weight is 292 g/mol. The van der Waals surface area contributed by atoms with Crippen molar-refractivity contribution in [3.63, 3.8) is 0 Å². The van der Waals surface area contributed by atoms with Crippen LogP contribution in [0.15, 0.2) is 12.4 Å². The third-order valence-electron chi connectivity index (χ3n) is 3.47. The van der Waals surface area contributed by atoms with E-state index in [0.717, 1.165) is 6.42 Å². The average Bonchev–Trinajstić information content (AvgIpc) is 2.43. The maximum atomic E-state index is 12.1. The molecule has 1 aliphatic heterocycles. The van der Waals surface area contributed by atoms with E-state index in [-0.39, 0.29) is 24.0 Å². The Labute approximate surface area is 123 Å². The molecule has 0 saturated carbocycles. The van der Waals surface area contributed by atoms with Crippen LogP contribution in [0.3, 0.4) is 0 Å². The number of carbonyl (C=O) groups is 2. The van der Waals surface area contributed by atoms with Crippen LogP contribution < -0.4 is 5.73 Å². The van der Waals surface area contributed by atoms with E-state index in [0.29, 0.717) is 24.9 Å². The highest BCUT2D eigenvalue weighted by molar-refractivity contribution is 5.93. The van der Waals surface area contributed by atoms with Gasteiger partial charge in [0.1, 0.15) is 0 Å². The van der Waals surface area contributed by atoms with E-state index in [4.69, 9.17) is 10.5 Å². The number of carbonyl (C=O) groups excluding carboxylic acids is 2. The Morgan fingerprint density at radius 3 is 2.52 bits per heavy atom. The molecule has 1 fully saturated rings. The fourth-order valence-electron chi connectivity index (χ4n) is 2.66. The number of hydrogen-bond acceptors (Lipinski definition) is 6. The van der Waals surface area contributed by atoms with Crippen molar-refractivity contribution in [2.45, 2.75) is 20.3 Å². The number of nitrogens with zero attached hydrogens (tertiary/aromatic N) is 3. The first kappa shape index (κ1) is 15.2.